The van der Waals surface area contributed by atoms with Gasteiger partial charge in [0, 0.05) is 11.6 Å². The van der Waals surface area contributed by atoms with E-state index < -0.39 is 0 Å². The Labute approximate surface area is 137 Å². The predicted octanol–water partition coefficient (Wildman–Crippen LogP) is 4.64. The number of anilines is 1. The molecule has 0 bridgehead atoms. The number of carbonyl (C=O) groups excluding carboxylic acids is 1. The maximum Gasteiger partial charge on any atom is 0.230 e. The van der Waals surface area contributed by atoms with Gasteiger partial charge in [0.1, 0.15) is 0 Å². The summed E-state index contributed by atoms with van der Waals surface area (Å²) in [5, 5.41) is 4.29. The highest BCUT2D eigenvalue weighted by molar-refractivity contribution is 6.02. The van der Waals surface area contributed by atoms with Crippen LogP contribution in [0.25, 0.3) is 10.9 Å². The zero-order valence-electron chi connectivity index (χ0n) is 13.9. The third-order valence-corrected chi connectivity index (χ3v) is 6.32. The second kappa shape index (κ2) is 5.33. The summed E-state index contributed by atoms with van der Waals surface area (Å²) in [7, 11) is 0. The molecular weight excluding hydrogens is 284 g/mol. The van der Waals surface area contributed by atoms with E-state index in [0.29, 0.717) is 11.8 Å². The summed E-state index contributed by atoms with van der Waals surface area (Å²) in [6.07, 6.45) is 6.23. The summed E-state index contributed by atoms with van der Waals surface area (Å²) in [6.45, 7) is 4.49. The molecule has 3 nitrogen and oxygen atoms in total. The average Bonchev–Trinajstić information content (AvgIpc) is 3.26. The van der Waals surface area contributed by atoms with E-state index in [9.17, 15) is 4.79 Å². The Kier molecular flexibility index (Phi) is 3.40. The number of fused-ring (bicyclic) bond motifs is 2. The molecular formula is C20H24N2O. The van der Waals surface area contributed by atoms with Gasteiger partial charge in [0.15, 0.2) is 0 Å². The van der Waals surface area contributed by atoms with Gasteiger partial charge in [-0.25, -0.2) is 0 Å². The van der Waals surface area contributed by atoms with Gasteiger partial charge in [0.25, 0.3) is 0 Å². The first-order valence-electron chi connectivity index (χ1n) is 8.82. The molecule has 2 saturated carbocycles. The lowest BCUT2D eigenvalue weighted by Crippen LogP contribution is -2.40. The van der Waals surface area contributed by atoms with Crippen LogP contribution in [0.2, 0.25) is 0 Å². The van der Waals surface area contributed by atoms with Crippen molar-refractivity contribution in [2.45, 2.75) is 39.5 Å². The van der Waals surface area contributed by atoms with Crippen LogP contribution in [-0.2, 0) is 4.79 Å². The molecule has 23 heavy (non-hydrogen) atoms. The van der Waals surface area contributed by atoms with E-state index in [2.05, 4.69) is 24.1 Å². The molecule has 2 aliphatic rings. The molecule has 3 heteroatoms. The molecule has 1 unspecified atom stereocenters. The minimum atomic E-state index is -0.181. The molecule has 1 aromatic heterocycles. The van der Waals surface area contributed by atoms with Crippen molar-refractivity contribution < 1.29 is 4.79 Å². The highest BCUT2D eigenvalue weighted by atomic mass is 16.2. The van der Waals surface area contributed by atoms with Gasteiger partial charge in [0.2, 0.25) is 5.91 Å². The quantitative estimate of drug-likeness (QED) is 0.897. The minimum Gasteiger partial charge on any atom is -0.324 e. The monoisotopic (exact) mass is 308 g/mol. The minimum absolute atomic E-state index is 0.181. The van der Waals surface area contributed by atoms with Crippen LogP contribution in [0.5, 0.6) is 0 Å². The molecule has 4 atom stereocenters. The SMILES string of the molecule is CC[C@@]1(C(=O)Nc2cccc3cccnc23)CCC[C@@H]2C(C)[C@@H]21. The molecule has 1 amide bonds. The van der Waals surface area contributed by atoms with E-state index in [1.807, 2.05) is 30.3 Å². The lowest BCUT2D eigenvalue weighted by molar-refractivity contribution is -0.128. The van der Waals surface area contributed by atoms with E-state index in [1.54, 1.807) is 6.20 Å². The largest absolute Gasteiger partial charge is 0.324 e. The van der Waals surface area contributed by atoms with Crippen LogP contribution in [0.15, 0.2) is 36.5 Å². The molecule has 2 fully saturated rings. The van der Waals surface area contributed by atoms with Gasteiger partial charge < -0.3 is 5.32 Å². The van der Waals surface area contributed by atoms with Crippen molar-refractivity contribution in [2.24, 2.45) is 23.2 Å². The van der Waals surface area contributed by atoms with Crippen LogP contribution in [0.3, 0.4) is 0 Å². The van der Waals surface area contributed by atoms with Crippen molar-refractivity contribution in [1.29, 1.82) is 0 Å². The molecule has 1 aromatic carbocycles. The maximum atomic E-state index is 13.2. The van der Waals surface area contributed by atoms with Gasteiger partial charge in [0.05, 0.1) is 16.6 Å². The summed E-state index contributed by atoms with van der Waals surface area (Å²) < 4.78 is 0. The fourth-order valence-electron chi connectivity index (χ4n) is 5.01. The molecule has 1 heterocycles. The van der Waals surface area contributed by atoms with Crippen LogP contribution in [-0.4, -0.2) is 10.9 Å². The van der Waals surface area contributed by atoms with Crippen LogP contribution in [0.1, 0.15) is 39.5 Å². The number of benzene rings is 1. The number of amides is 1. The van der Waals surface area contributed by atoms with Gasteiger partial charge >= 0.3 is 0 Å². The first-order valence-corrected chi connectivity index (χ1v) is 8.82. The molecule has 0 saturated heterocycles. The number of nitrogens with one attached hydrogen (secondary N) is 1. The summed E-state index contributed by atoms with van der Waals surface area (Å²) in [4.78, 5) is 17.7. The molecule has 120 valence electrons. The van der Waals surface area contributed by atoms with Crippen molar-refractivity contribution in [3.05, 3.63) is 36.5 Å². The Morgan fingerprint density at radius 2 is 2.17 bits per heavy atom. The van der Waals surface area contributed by atoms with E-state index in [-0.39, 0.29) is 11.3 Å². The molecule has 0 radical (unpaired) electrons. The smallest absolute Gasteiger partial charge is 0.230 e. The number of hydrogen-bond donors (Lipinski definition) is 1. The molecule has 2 aliphatic carbocycles. The summed E-state index contributed by atoms with van der Waals surface area (Å²) in [6, 6.07) is 9.95. The number of nitrogens with zero attached hydrogens (tertiary/aromatic N) is 1. The zero-order valence-corrected chi connectivity index (χ0v) is 13.9. The Morgan fingerprint density at radius 1 is 1.35 bits per heavy atom. The summed E-state index contributed by atoms with van der Waals surface area (Å²) >= 11 is 0. The number of aromatic nitrogens is 1. The topological polar surface area (TPSA) is 42.0 Å². The second-order valence-electron chi connectivity index (χ2n) is 7.29. The average molecular weight is 308 g/mol. The Bertz CT molecular complexity index is 751. The molecule has 1 N–H and O–H groups in total. The van der Waals surface area contributed by atoms with Crippen LogP contribution in [0, 0.1) is 23.2 Å². The Balaban J connectivity index is 1.66. The number of pyridine rings is 1. The molecule has 0 aliphatic heterocycles. The van der Waals surface area contributed by atoms with Gasteiger partial charge in [-0.1, -0.05) is 38.5 Å². The van der Waals surface area contributed by atoms with E-state index in [0.717, 1.165) is 35.3 Å². The third-order valence-electron chi connectivity index (χ3n) is 6.32. The number of para-hydroxylation sites is 1. The first kappa shape index (κ1) is 14.7. The first-order chi connectivity index (χ1) is 11.2. The van der Waals surface area contributed by atoms with Crippen molar-refractivity contribution in [3.8, 4) is 0 Å². The Morgan fingerprint density at radius 3 is 3.00 bits per heavy atom. The molecule has 4 rings (SSSR count). The molecule has 0 spiro atoms. The van der Waals surface area contributed by atoms with Gasteiger partial charge in [-0.2, -0.15) is 0 Å². The molecule has 2 aromatic rings. The number of rotatable bonds is 3. The predicted molar refractivity (Wildman–Crippen MR) is 93.1 cm³/mol. The van der Waals surface area contributed by atoms with Crippen LogP contribution < -0.4 is 5.32 Å². The van der Waals surface area contributed by atoms with Crippen LogP contribution >= 0.6 is 0 Å². The normalized spacial score (nSPS) is 32.3. The van der Waals surface area contributed by atoms with E-state index in [1.165, 1.54) is 12.8 Å². The maximum absolute atomic E-state index is 13.2. The highest BCUT2D eigenvalue weighted by Gasteiger charge is 2.62. The second-order valence-corrected chi connectivity index (χ2v) is 7.29. The highest BCUT2D eigenvalue weighted by Crippen LogP contribution is 2.64. The lowest BCUT2D eigenvalue weighted by atomic mass is 9.70. The van der Waals surface area contributed by atoms with Crippen molar-refractivity contribution in [3.63, 3.8) is 0 Å². The van der Waals surface area contributed by atoms with Crippen LogP contribution in [0.4, 0.5) is 5.69 Å². The van der Waals surface area contributed by atoms with E-state index in [4.69, 9.17) is 0 Å². The van der Waals surface area contributed by atoms with Gasteiger partial charge in [-0.15, -0.1) is 0 Å². The standard InChI is InChI=1S/C20H24N2O/c1-3-20(11-5-9-15-13(2)17(15)20)19(23)22-16-10-4-7-14-8-6-12-21-18(14)16/h4,6-8,10,12-13,15,17H,3,5,9,11H2,1-2H3,(H,22,23)/t13?,15-,17+,20-/m1/s1. The summed E-state index contributed by atoms with van der Waals surface area (Å²) in [5.74, 6) is 2.25. The number of hydrogen-bond acceptors (Lipinski definition) is 2. The fraction of sp³-hybridized carbons (Fsp3) is 0.500. The van der Waals surface area contributed by atoms with Crippen molar-refractivity contribution in [2.75, 3.05) is 5.32 Å². The Hall–Kier alpha value is -1.90. The van der Waals surface area contributed by atoms with Gasteiger partial charge in [-0.3, -0.25) is 9.78 Å². The fourth-order valence-corrected chi connectivity index (χ4v) is 5.01. The third kappa shape index (κ3) is 2.17. The summed E-state index contributed by atoms with van der Waals surface area (Å²) in [5.41, 5.74) is 1.54. The van der Waals surface area contributed by atoms with Crippen molar-refractivity contribution in [1.82, 2.24) is 4.98 Å². The van der Waals surface area contributed by atoms with Crippen molar-refractivity contribution >= 4 is 22.5 Å². The van der Waals surface area contributed by atoms with Gasteiger partial charge in [-0.05, 0) is 49.1 Å². The lowest BCUT2D eigenvalue weighted by Gasteiger charge is -2.35. The zero-order chi connectivity index (χ0) is 16.0. The number of carbonyl (C=O) groups is 1. The van der Waals surface area contributed by atoms with E-state index >= 15 is 0 Å².